The Hall–Kier alpha value is -5.14. The lowest BCUT2D eigenvalue weighted by Gasteiger charge is -2.24. The number of rotatable bonds is 12. The molecule has 2 aromatic heterocycles. The Morgan fingerprint density at radius 3 is 2.55 bits per heavy atom. The summed E-state index contributed by atoms with van der Waals surface area (Å²) in [5.74, 6) is 1.84. The van der Waals surface area contributed by atoms with Crippen LogP contribution in [0.1, 0.15) is 50.2 Å². The normalized spacial score (nSPS) is 14.0. The summed E-state index contributed by atoms with van der Waals surface area (Å²) in [6.45, 7) is 4.13. The van der Waals surface area contributed by atoms with Crippen molar-refractivity contribution >= 4 is 40.6 Å². The highest BCUT2D eigenvalue weighted by molar-refractivity contribution is 7.99. The molecule has 6 rings (SSSR count). The van der Waals surface area contributed by atoms with Crippen molar-refractivity contribution in [2.75, 3.05) is 27.1 Å². The van der Waals surface area contributed by atoms with E-state index < -0.39 is 6.04 Å². The monoisotopic (exact) mass is 696 g/mol. The van der Waals surface area contributed by atoms with Crippen molar-refractivity contribution in [3.63, 3.8) is 0 Å². The van der Waals surface area contributed by atoms with Gasteiger partial charge in [0.1, 0.15) is 5.75 Å². The molecule has 0 spiro atoms. The Labute approximate surface area is 292 Å². The van der Waals surface area contributed by atoms with Crippen LogP contribution in [0.2, 0.25) is 0 Å². The number of thioether (sulfide) groups is 1. The first-order valence-corrected chi connectivity index (χ1v) is 17.4. The number of methoxy groups -OCH3 is 3. The number of hydrogen-bond acceptors (Lipinski definition) is 10. The van der Waals surface area contributed by atoms with E-state index in [4.69, 9.17) is 19.3 Å². The molecule has 0 saturated heterocycles. The number of thiophene rings is 1. The van der Waals surface area contributed by atoms with Crippen molar-refractivity contribution < 1.29 is 23.8 Å². The van der Waals surface area contributed by atoms with Gasteiger partial charge in [0.2, 0.25) is 0 Å². The first-order valence-electron chi connectivity index (χ1n) is 15.5. The number of benzene rings is 3. The van der Waals surface area contributed by atoms with E-state index in [9.17, 15) is 9.59 Å². The highest BCUT2D eigenvalue weighted by Crippen LogP contribution is 2.42. The van der Waals surface area contributed by atoms with E-state index in [2.05, 4.69) is 15.5 Å². The van der Waals surface area contributed by atoms with Crippen LogP contribution >= 0.6 is 23.1 Å². The quantitative estimate of drug-likeness (QED) is 0.150. The molecule has 0 radical (unpaired) electrons. The first kappa shape index (κ1) is 33.7. The zero-order chi connectivity index (χ0) is 34.5. The van der Waals surface area contributed by atoms with Crippen LogP contribution in [0.15, 0.2) is 88.4 Å². The lowest BCUT2D eigenvalue weighted by atomic mass is 9.99. The molecule has 11 nitrogen and oxygen atoms in total. The second kappa shape index (κ2) is 15.0. The van der Waals surface area contributed by atoms with Gasteiger partial charge in [-0.25, -0.2) is 5.01 Å². The number of para-hydroxylation sites is 1. The molecule has 2 amide bonds. The van der Waals surface area contributed by atoms with Gasteiger partial charge in [-0.1, -0.05) is 48.2 Å². The number of nitrogens with one attached hydrogen (secondary N) is 1. The molecule has 1 aliphatic heterocycles. The molecule has 0 bridgehead atoms. The lowest BCUT2D eigenvalue weighted by molar-refractivity contribution is -0.130. The van der Waals surface area contributed by atoms with Gasteiger partial charge in [-0.15, -0.1) is 21.5 Å². The van der Waals surface area contributed by atoms with E-state index >= 15 is 0 Å². The highest BCUT2D eigenvalue weighted by Gasteiger charge is 2.36. The Bertz CT molecular complexity index is 2010. The smallest absolute Gasteiger partial charge is 0.253 e. The fourth-order valence-electron chi connectivity index (χ4n) is 5.68. The lowest BCUT2D eigenvalue weighted by Crippen LogP contribution is -2.29. The van der Waals surface area contributed by atoms with Crippen LogP contribution in [-0.2, 0) is 11.3 Å². The average Bonchev–Trinajstić information content (AvgIpc) is 3.90. The Morgan fingerprint density at radius 2 is 1.80 bits per heavy atom. The van der Waals surface area contributed by atoms with Gasteiger partial charge < -0.3 is 19.5 Å². The maximum absolute atomic E-state index is 14.1. The molecule has 0 fully saturated rings. The maximum Gasteiger partial charge on any atom is 0.253 e. The Morgan fingerprint density at radius 1 is 0.959 bits per heavy atom. The fourth-order valence-corrected chi connectivity index (χ4v) is 7.21. The molecule has 0 unspecified atom stereocenters. The van der Waals surface area contributed by atoms with Crippen LogP contribution in [-0.4, -0.2) is 64.4 Å². The van der Waals surface area contributed by atoms with Crippen LogP contribution in [0, 0.1) is 13.8 Å². The summed E-state index contributed by atoms with van der Waals surface area (Å²) in [5.41, 5.74) is 5.01. The molecule has 3 aromatic carbocycles. The van der Waals surface area contributed by atoms with Crippen molar-refractivity contribution in [3.8, 4) is 22.9 Å². The second-order valence-corrected chi connectivity index (χ2v) is 13.2. The van der Waals surface area contributed by atoms with Gasteiger partial charge in [0, 0.05) is 17.5 Å². The zero-order valence-electron chi connectivity index (χ0n) is 27.8. The topological polar surface area (TPSA) is 120 Å². The molecule has 3 heterocycles. The molecular weight excluding hydrogens is 661 g/mol. The zero-order valence-corrected chi connectivity index (χ0v) is 29.4. The van der Waals surface area contributed by atoms with Crippen LogP contribution in [0.3, 0.4) is 0 Å². The predicted molar refractivity (Wildman–Crippen MR) is 190 cm³/mol. The summed E-state index contributed by atoms with van der Waals surface area (Å²) >= 11 is 2.85. The average molecular weight is 697 g/mol. The molecule has 1 aliphatic rings. The summed E-state index contributed by atoms with van der Waals surface area (Å²) in [5, 5.41) is 20.8. The van der Waals surface area contributed by atoms with Gasteiger partial charge in [-0.3, -0.25) is 14.2 Å². The van der Waals surface area contributed by atoms with Crippen molar-refractivity contribution in [1.82, 2.24) is 25.1 Å². The van der Waals surface area contributed by atoms with E-state index in [0.29, 0.717) is 40.2 Å². The van der Waals surface area contributed by atoms with Gasteiger partial charge in [-0.05, 0) is 66.8 Å². The number of nitrogens with zero attached hydrogens (tertiary/aromatic N) is 5. The third-order valence-electron chi connectivity index (χ3n) is 8.13. The van der Waals surface area contributed by atoms with E-state index in [0.717, 1.165) is 33.0 Å². The minimum absolute atomic E-state index is 0.0448. The summed E-state index contributed by atoms with van der Waals surface area (Å²) < 4.78 is 18.5. The van der Waals surface area contributed by atoms with Gasteiger partial charge >= 0.3 is 0 Å². The van der Waals surface area contributed by atoms with Crippen LogP contribution in [0.4, 0.5) is 0 Å². The van der Waals surface area contributed by atoms with Gasteiger partial charge in [0.25, 0.3) is 11.8 Å². The van der Waals surface area contributed by atoms with E-state index in [1.807, 2.05) is 72.3 Å². The molecule has 49 heavy (non-hydrogen) atoms. The number of hydrazone groups is 1. The van der Waals surface area contributed by atoms with Crippen LogP contribution in [0.5, 0.6) is 17.2 Å². The van der Waals surface area contributed by atoms with Gasteiger partial charge in [0.15, 0.2) is 22.5 Å². The van der Waals surface area contributed by atoms with Crippen molar-refractivity contribution in [1.29, 1.82) is 0 Å². The third kappa shape index (κ3) is 7.18. The number of ether oxygens (including phenoxy) is 3. The predicted octanol–water partition coefficient (Wildman–Crippen LogP) is 6.37. The minimum atomic E-state index is -0.394. The molecule has 252 valence electrons. The third-order valence-corrected chi connectivity index (χ3v) is 9.97. The van der Waals surface area contributed by atoms with Crippen molar-refractivity contribution in [3.05, 3.63) is 111 Å². The first-order chi connectivity index (χ1) is 23.8. The molecule has 5 aromatic rings. The van der Waals surface area contributed by atoms with E-state index in [1.165, 1.54) is 11.8 Å². The van der Waals surface area contributed by atoms with Crippen molar-refractivity contribution in [2.45, 2.75) is 38.0 Å². The van der Waals surface area contributed by atoms with Crippen LogP contribution < -0.4 is 19.5 Å². The summed E-state index contributed by atoms with van der Waals surface area (Å²) in [4.78, 5) is 28.1. The summed E-state index contributed by atoms with van der Waals surface area (Å²) in [7, 11) is 4.74. The number of hydrogen-bond donors (Lipinski definition) is 1. The number of carbonyl (C=O) groups is 2. The number of aromatic nitrogens is 3. The van der Waals surface area contributed by atoms with E-state index in [1.54, 1.807) is 61.9 Å². The fraction of sp³-hybridized carbons (Fsp3) is 0.250. The molecule has 1 atom stereocenters. The Kier molecular flexibility index (Phi) is 10.3. The molecule has 1 N–H and O–H groups in total. The molecule has 0 saturated carbocycles. The number of amides is 2. The van der Waals surface area contributed by atoms with E-state index in [-0.39, 0.29) is 24.1 Å². The van der Waals surface area contributed by atoms with Gasteiger partial charge in [0.05, 0.1) is 55.9 Å². The number of aryl methyl sites for hydroxylation is 2. The molecule has 0 aliphatic carbocycles. The SMILES string of the molecule is COc1cccc(C(=O)NCc2nnc(SCC(=O)N3N=C(c4cccs4)C[C@@H]3c3cccc(OC)c3OC)n2-c2cc(C)ccc2C)c1. The standard InChI is InChI=1S/C36H36N6O5S2/c1-22-14-15-23(2)28(17-22)41-32(20-37-35(44)24-9-6-10-25(18-24)45-3)38-39-36(41)49-21-33(43)42-29(19-27(40-42)31-13-8-16-48-31)26-11-7-12-30(46-4)34(26)47-5/h6-18,29H,19-21H2,1-5H3,(H,37,44)/t29-/m1/s1. The van der Waals surface area contributed by atoms with Crippen molar-refractivity contribution in [2.24, 2.45) is 5.10 Å². The maximum atomic E-state index is 14.1. The Balaban J connectivity index is 1.28. The largest absolute Gasteiger partial charge is 0.497 e. The molecular formula is C36H36N6O5S2. The van der Waals surface area contributed by atoms with Crippen LogP contribution in [0.25, 0.3) is 5.69 Å². The second-order valence-electron chi connectivity index (χ2n) is 11.3. The van der Waals surface area contributed by atoms with Gasteiger partial charge in [-0.2, -0.15) is 5.10 Å². The highest BCUT2D eigenvalue weighted by atomic mass is 32.2. The molecule has 13 heteroatoms. The summed E-state index contributed by atoms with van der Waals surface area (Å²) in [6, 6.07) is 22.3. The number of carbonyl (C=O) groups excluding carboxylic acids is 2. The summed E-state index contributed by atoms with van der Waals surface area (Å²) in [6.07, 6.45) is 0.524. The minimum Gasteiger partial charge on any atom is -0.497 e.